The van der Waals surface area contributed by atoms with Gasteiger partial charge in [0.15, 0.2) is 10.9 Å². The van der Waals surface area contributed by atoms with Crippen molar-refractivity contribution in [1.82, 2.24) is 9.97 Å². The summed E-state index contributed by atoms with van der Waals surface area (Å²) in [7, 11) is 0. The molecule has 4 rings (SSSR count). The third kappa shape index (κ3) is 3.23. The van der Waals surface area contributed by atoms with Crippen LogP contribution in [0.15, 0.2) is 40.6 Å². The van der Waals surface area contributed by atoms with E-state index in [0.29, 0.717) is 30.4 Å². The van der Waals surface area contributed by atoms with Crippen LogP contribution in [-0.4, -0.2) is 28.6 Å². The van der Waals surface area contributed by atoms with Crippen LogP contribution in [0, 0.1) is 0 Å². The van der Waals surface area contributed by atoms with Crippen LogP contribution in [0.5, 0.6) is 5.75 Å². The zero-order valence-electron chi connectivity index (χ0n) is 15.6. The predicted molar refractivity (Wildman–Crippen MR) is 107 cm³/mol. The van der Waals surface area contributed by atoms with Gasteiger partial charge in [0, 0.05) is 29.9 Å². The molecule has 1 unspecified atom stereocenters. The van der Waals surface area contributed by atoms with E-state index in [4.69, 9.17) is 15.5 Å². The standard InChI is InChI=1S/C21H23N3O2S/c1-3-26-14-9-7-12(8-10-14)18-17-13(5-4-6-16(17)25)11-15-19(18)20(22)24-21(23-15)27-2/h7-10,18H,3-6,11H2,1-2H3,(H2,22,23,24). The zero-order valence-corrected chi connectivity index (χ0v) is 16.4. The van der Waals surface area contributed by atoms with E-state index in [1.54, 1.807) is 0 Å². The number of allylic oxidation sites excluding steroid dienone is 2. The molecule has 6 heteroatoms. The zero-order chi connectivity index (χ0) is 19.0. The van der Waals surface area contributed by atoms with Crippen LogP contribution in [0.25, 0.3) is 0 Å². The van der Waals surface area contributed by atoms with Gasteiger partial charge in [0.25, 0.3) is 0 Å². The highest BCUT2D eigenvalue weighted by Gasteiger charge is 2.37. The summed E-state index contributed by atoms with van der Waals surface area (Å²) >= 11 is 1.49. The van der Waals surface area contributed by atoms with Crippen LogP contribution in [0.4, 0.5) is 5.82 Å². The molecule has 0 saturated heterocycles. The Morgan fingerprint density at radius 1 is 1.22 bits per heavy atom. The summed E-state index contributed by atoms with van der Waals surface area (Å²) in [5, 5.41) is 0.683. The number of nitrogen functional groups attached to an aromatic ring is 1. The van der Waals surface area contributed by atoms with Crippen LogP contribution < -0.4 is 10.5 Å². The molecule has 27 heavy (non-hydrogen) atoms. The third-order valence-corrected chi connectivity index (χ3v) is 5.81. The van der Waals surface area contributed by atoms with Gasteiger partial charge >= 0.3 is 0 Å². The van der Waals surface area contributed by atoms with Crippen molar-refractivity contribution in [3.63, 3.8) is 0 Å². The van der Waals surface area contributed by atoms with E-state index in [1.807, 2.05) is 37.4 Å². The van der Waals surface area contributed by atoms with Gasteiger partial charge in [0.05, 0.1) is 12.3 Å². The average Bonchev–Trinajstić information content (AvgIpc) is 2.67. The highest BCUT2D eigenvalue weighted by molar-refractivity contribution is 7.98. The molecule has 2 N–H and O–H groups in total. The maximum atomic E-state index is 12.9. The number of nitrogens with two attached hydrogens (primary N) is 1. The van der Waals surface area contributed by atoms with E-state index in [1.165, 1.54) is 17.3 Å². The second-order valence-corrected chi connectivity index (χ2v) is 7.64. The minimum atomic E-state index is -0.192. The average molecular weight is 382 g/mol. The van der Waals surface area contributed by atoms with Crippen LogP contribution in [0.2, 0.25) is 0 Å². The Morgan fingerprint density at radius 2 is 2.00 bits per heavy atom. The van der Waals surface area contributed by atoms with Crippen molar-refractivity contribution < 1.29 is 9.53 Å². The number of hydrogen-bond acceptors (Lipinski definition) is 6. The molecule has 2 aliphatic rings. The van der Waals surface area contributed by atoms with Crippen molar-refractivity contribution in [2.45, 2.75) is 43.7 Å². The fraction of sp³-hybridized carbons (Fsp3) is 0.381. The Kier molecular flexibility index (Phi) is 4.91. The van der Waals surface area contributed by atoms with Gasteiger partial charge in [-0.25, -0.2) is 9.97 Å². The first-order valence-electron chi connectivity index (χ1n) is 9.30. The number of fused-ring (bicyclic) bond motifs is 1. The number of thioether (sulfide) groups is 1. The molecule has 0 spiro atoms. The number of carbonyl (C=O) groups excluding carboxylic acids is 1. The molecule has 0 fully saturated rings. The molecule has 1 aromatic carbocycles. The summed E-state index contributed by atoms with van der Waals surface area (Å²) in [4.78, 5) is 22.1. The van der Waals surface area contributed by atoms with Gasteiger partial charge in [0.1, 0.15) is 11.6 Å². The minimum absolute atomic E-state index is 0.192. The van der Waals surface area contributed by atoms with Gasteiger partial charge in [-0.3, -0.25) is 4.79 Å². The van der Waals surface area contributed by atoms with E-state index in [-0.39, 0.29) is 11.7 Å². The Balaban J connectivity index is 1.88. The topological polar surface area (TPSA) is 78.1 Å². The van der Waals surface area contributed by atoms with E-state index < -0.39 is 0 Å². The van der Waals surface area contributed by atoms with E-state index in [9.17, 15) is 4.79 Å². The van der Waals surface area contributed by atoms with Crippen LogP contribution in [-0.2, 0) is 11.2 Å². The molecular weight excluding hydrogens is 358 g/mol. The number of carbonyl (C=O) groups is 1. The molecule has 2 aliphatic carbocycles. The molecule has 1 aromatic heterocycles. The quantitative estimate of drug-likeness (QED) is 0.639. The van der Waals surface area contributed by atoms with E-state index in [2.05, 4.69) is 4.98 Å². The summed E-state index contributed by atoms with van der Waals surface area (Å²) in [6.45, 7) is 2.59. The Morgan fingerprint density at radius 3 is 2.70 bits per heavy atom. The van der Waals surface area contributed by atoms with Crippen molar-refractivity contribution in [2.24, 2.45) is 0 Å². The summed E-state index contributed by atoms with van der Waals surface area (Å²) in [6.07, 6.45) is 5.11. The molecule has 0 aliphatic heterocycles. The first kappa shape index (κ1) is 18.0. The van der Waals surface area contributed by atoms with Crippen molar-refractivity contribution >= 4 is 23.4 Å². The molecular formula is C21H23N3O2S. The molecule has 5 nitrogen and oxygen atoms in total. The lowest BCUT2D eigenvalue weighted by atomic mass is 9.71. The number of aromatic nitrogens is 2. The largest absolute Gasteiger partial charge is 0.494 e. The first-order chi connectivity index (χ1) is 13.1. The second kappa shape index (κ2) is 7.35. The number of Topliss-reactive ketones (excluding diaryl/α,β-unsaturated/α-hetero) is 1. The number of benzene rings is 1. The van der Waals surface area contributed by atoms with Gasteiger partial charge in [-0.05, 0) is 43.7 Å². The maximum absolute atomic E-state index is 12.9. The molecule has 1 atom stereocenters. The summed E-state index contributed by atoms with van der Waals surface area (Å²) in [5.74, 6) is 1.34. The number of rotatable bonds is 4. The lowest BCUT2D eigenvalue weighted by Gasteiger charge is -2.33. The van der Waals surface area contributed by atoms with Crippen molar-refractivity contribution in [3.05, 3.63) is 52.2 Å². The molecule has 0 saturated carbocycles. The van der Waals surface area contributed by atoms with Crippen LogP contribution in [0.3, 0.4) is 0 Å². The van der Waals surface area contributed by atoms with Crippen LogP contribution in [0.1, 0.15) is 48.9 Å². The first-order valence-corrected chi connectivity index (χ1v) is 10.5. The number of ether oxygens (including phenoxy) is 1. The monoisotopic (exact) mass is 381 g/mol. The van der Waals surface area contributed by atoms with Crippen molar-refractivity contribution in [1.29, 1.82) is 0 Å². The Labute approximate surface area is 163 Å². The lowest BCUT2D eigenvalue weighted by molar-refractivity contribution is -0.116. The summed E-state index contributed by atoms with van der Waals surface area (Å²) in [5.41, 5.74) is 11.4. The molecule has 0 radical (unpaired) electrons. The summed E-state index contributed by atoms with van der Waals surface area (Å²) in [6, 6.07) is 7.96. The summed E-state index contributed by atoms with van der Waals surface area (Å²) < 4.78 is 5.57. The second-order valence-electron chi connectivity index (χ2n) is 6.86. The SMILES string of the molecule is CCOc1ccc(C2C3=C(CCCC3=O)Cc3nc(SC)nc(N)c32)cc1. The highest BCUT2D eigenvalue weighted by Crippen LogP contribution is 2.46. The molecule has 2 aromatic rings. The van der Waals surface area contributed by atoms with Gasteiger partial charge in [-0.15, -0.1) is 0 Å². The van der Waals surface area contributed by atoms with Crippen LogP contribution >= 0.6 is 11.8 Å². The smallest absolute Gasteiger partial charge is 0.189 e. The van der Waals surface area contributed by atoms with E-state index in [0.717, 1.165) is 41.0 Å². The van der Waals surface area contributed by atoms with Crippen molar-refractivity contribution in [3.8, 4) is 5.75 Å². The fourth-order valence-corrected chi connectivity index (χ4v) is 4.52. The lowest BCUT2D eigenvalue weighted by Crippen LogP contribution is -2.27. The Bertz CT molecular complexity index is 922. The minimum Gasteiger partial charge on any atom is -0.494 e. The molecule has 1 heterocycles. The van der Waals surface area contributed by atoms with Gasteiger partial charge < -0.3 is 10.5 Å². The van der Waals surface area contributed by atoms with E-state index >= 15 is 0 Å². The number of anilines is 1. The van der Waals surface area contributed by atoms with Gasteiger partial charge in [0.2, 0.25) is 0 Å². The molecule has 140 valence electrons. The number of hydrogen-bond donors (Lipinski definition) is 1. The fourth-order valence-electron chi connectivity index (χ4n) is 4.13. The predicted octanol–water partition coefficient (Wildman–Crippen LogP) is 3.92. The van der Waals surface area contributed by atoms with Gasteiger partial charge in [-0.2, -0.15) is 0 Å². The van der Waals surface area contributed by atoms with Gasteiger partial charge in [-0.1, -0.05) is 29.5 Å². The number of nitrogens with zero attached hydrogens (tertiary/aromatic N) is 2. The normalized spacial score (nSPS) is 18.9. The maximum Gasteiger partial charge on any atom is 0.189 e. The Hall–Kier alpha value is -2.34. The highest BCUT2D eigenvalue weighted by atomic mass is 32.2. The third-order valence-electron chi connectivity index (χ3n) is 5.26. The van der Waals surface area contributed by atoms with Crippen molar-refractivity contribution in [2.75, 3.05) is 18.6 Å². The number of ketones is 1. The molecule has 0 bridgehead atoms. The molecule has 0 amide bonds.